The molecule has 2 amide bonds. The van der Waals surface area contributed by atoms with Crippen molar-refractivity contribution in [2.45, 2.75) is 57.1 Å². The standard InChI is InChI=1S/C15H24N2O4/c18-12-4-2-11(3-5-12)17-9-7-15(13(17)19)6-1-8-16(10-15)14(20)21/h11-12,18H,1-10H2,(H,20,21). The molecular weight excluding hydrogens is 272 g/mol. The fourth-order valence-corrected chi connectivity index (χ4v) is 4.24. The van der Waals surface area contributed by atoms with Crippen LogP contribution in [0.4, 0.5) is 4.79 Å². The van der Waals surface area contributed by atoms with E-state index in [0.717, 1.165) is 51.5 Å². The summed E-state index contributed by atoms with van der Waals surface area (Å²) in [7, 11) is 0. The van der Waals surface area contributed by atoms with Gasteiger partial charge >= 0.3 is 6.09 Å². The van der Waals surface area contributed by atoms with E-state index in [1.165, 1.54) is 4.90 Å². The first-order valence-electron chi connectivity index (χ1n) is 7.99. The number of rotatable bonds is 1. The zero-order chi connectivity index (χ0) is 15.0. The lowest BCUT2D eigenvalue weighted by atomic mass is 9.78. The molecule has 2 saturated heterocycles. The maximum atomic E-state index is 12.9. The molecule has 3 fully saturated rings. The summed E-state index contributed by atoms with van der Waals surface area (Å²) in [4.78, 5) is 27.4. The van der Waals surface area contributed by atoms with Crippen LogP contribution in [0.25, 0.3) is 0 Å². The van der Waals surface area contributed by atoms with Gasteiger partial charge in [-0.1, -0.05) is 0 Å². The first-order chi connectivity index (χ1) is 10.0. The second kappa shape index (κ2) is 5.48. The molecule has 0 aromatic rings. The van der Waals surface area contributed by atoms with Crippen LogP contribution in [0.15, 0.2) is 0 Å². The summed E-state index contributed by atoms with van der Waals surface area (Å²) in [6, 6.07) is 0.237. The van der Waals surface area contributed by atoms with Gasteiger partial charge in [0.05, 0.1) is 11.5 Å². The van der Waals surface area contributed by atoms with E-state index in [4.69, 9.17) is 0 Å². The number of carbonyl (C=O) groups excluding carboxylic acids is 1. The Balaban J connectivity index is 1.69. The zero-order valence-corrected chi connectivity index (χ0v) is 12.3. The molecule has 1 aliphatic carbocycles. The number of nitrogens with zero attached hydrogens (tertiary/aromatic N) is 2. The number of amides is 2. The summed E-state index contributed by atoms with van der Waals surface area (Å²) in [6.07, 6.45) is 4.49. The van der Waals surface area contributed by atoms with E-state index in [1.807, 2.05) is 4.90 Å². The van der Waals surface area contributed by atoms with Gasteiger partial charge in [0.25, 0.3) is 0 Å². The van der Waals surface area contributed by atoms with Gasteiger partial charge < -0.3 is 20.0 Å². The predicted octanol–water partition coefficient (Wildman–Crippen LogP) is 1.28. The lowest BCUT2D eigenvalue weighted by molar-refractivity contribution is -0.141. The van der Waals surface area contributed by atoms with E-state index < -0.39 is 11.5 Å². The Labute approximate surface area is 124 Å². The molecule has 0 radical (unpaired) electrons. The molecule has 0 bridgehead atoms. The lowest BCUT2D eigenvalue weighted by Crippen LogP contribution is -2.51. The normalized spacial score (nSPS) is 37.3. The molecule has 3 rings (SSSR count). The Hall–Kier alpha value is -1.30. The van der Waals surface area contributed by atoms with Crippen molar-refractivity contribution in [2.24, 2.45) is 5.41 Å². The smallest absolute Gasteiger partial charge is 0.407 e. The van der Waals surface area contributed by atoms with Crippen molar-refractivity contribution in [3.05, 3.63) is 0 Å². The summed E-state index contributed by atoms with van der Waals surface area (Å²) in [5.41, 5.74) is -0.479. The third-order valence-corrected chi connectivity index (χ3v) is 5.50. The minimum Gasteiger partial charge on any atom is -0.465 e. The van der Waals surface area contributed by atoms with Gasteiger partial charge in [0.15, 0.2) is 0 Å². The maximum Gasteiger partial charge on any atom is 0.407 e. The Bertz CT molecular complexity index is 433. The largest absolute Gasteiger partial charge is 0.465 e. The highest BCUT2D eigenvalue weighted by Gasteiger charge is 2.51. The van der Waals surface area contributed by atoms with Gasteiger partial charge in [0.1, 0.15) is 0 Å². The lowest BCUT2D eigenvalue weighted by Gasteiger charge is -2.39. The third kappa shape index (κ3) is 2.61. The van der Waals surface area contributed by atoms with Gasteiger partial charge in [-0.25, -0.2) is 4.79 Å². The molecule has 1 spiro atoms. The Morgan fingerprint density at radius 2 is 1.86 bits per heavy atom. The van der Waals surface area contributed by atoms with E-state index >= 15 is 0 Å². The molecule has 1 unspecified atom stereocenters. The molecule has 0 aromatic carbocycles. The average Bonchev–Trinajstić information content (AvgIpc) is 2.77. The van der Waals surface area contributed by atoms with Crippen LogP contribution in [0.3, 0.4) is 0 Å². The number of carbonyl (C=O) groups is 2. The Kier molecular flexibility index (Phi) is 3.82. The summed E-state index contributed by atoms with van der Waals surface area (Å²) >= 11 is 0. The number of hydrogen-bond acceptors (Lipinski definition) is 3. The molecule has 2 aliphatic heterocycles. The van der Waals surface area contributed by atoms with E-state index in [9.17, 15) is 19.8 Å². The SMILES string of the molecule is O=C(O)N1CCCC2(CCN(C3CCC(O)CC3)C2=O)C1. The van der Waals surface area contributed by atoms with Gasteiger partial charge in [0, 0.05) is 25.7 Å². The summed E-state index contributed by atoms with van der Waals surface area (Å²) in [5, 5.41) is 18.8. The van der Waals surface area contributed by atoms with E-state index in [0.29, 0.717) is 13.1 Å². The molecule has 1 saturated carbocycles. The first kappa shape index (κ1) is 14.6. The molecular formula is C15H24N2O4. The predicted molar refractivity (Wildman–Crippen MR) is 75.9 cm³/mol. The highest BCUT2D eigenvalue weighted by Crippen LogP contribution is 2.42. The highest BCUT2D eigenvalue weighted by molar-refractivity contribution is 5.86. The topological polar surface area (TPSA) is 81.1 Å². The van der Waals surface area contributed by atoms with Crippen LogP contribution in [-0.2, 0) is 4.79 Å². The summed E-state index contributed by atoms with van der Waals surface area (Å²) in [5.74, 6) is 0.148. The van der Waals surface area contributed by atoms with Crippen LogP contribution in [0.5, 0.6) is 0 Å². The number of aliphatic hydroxyl groups excluding tert-OH is 1. The Morgan fingerprint density at radius 3 is 2.52 bits per heavy atom. The van der Waals surface area contributed by atoms with Crippen molar-refractivity contribution < 1.29 is 19.8 Å². The summed E-state index contributed by atoms with van der Waals surface area (Å²) in [6.45, 7) is 1.64. The van der Waals surface area contributed by atoms with Crippen molar-refractivity contribution in [3.63, 3.8) is 0 Å². The molecule has 2 heterocycles. The quantitative estimate of drug-likeness (QED) is 0.764. The molecule has 21 heavy (non-hydrogen) atoms. The minimum absolute atomic E-state index is 0.148. The van der Waals surface area contributed by atoms with Gasteiger partial charge in [-0.2, -0.15) is 0 Å². The average molecular weight is 296 g/mol. The molecule has 0 aromatic heterocycles. The molecule has 1 atom stereocenters. The van der Waals surface area contributed by atoms with Crippen molar-refractivity contribution in [1.29, 1.82) is 0 Å². The minimum atomic E-state index is -0.916. The van der Waals surface area contributed by atoms with Crippen molar-refractivity contribution in [3.8, 4) is 0 Å². The van der Waals surface area contributed by atoms with Crippen LogP contribution >= 0.6 is 0 Å². The van der Waals surface area contributed by atoms with Crippen LogP contribution < -0.4 is 0 Å². The van der Waals surface area contributed by atoms with Crippen LogP contribution in [0, 0.1) is 5.41 Å². The van der Waals surface area contributed by atoms with E-state index in [-0.39, 0.29) is 18.1 Å². The molecule has 6 heteroatoms. The number of carboxylic acid groups (broad SMARTS) is 1. The maximum absolute atomic E-state index is 12.9. The summed E-state index contributed by atoms with van der Waals surface area (Å²) < 4.78 is 0. The second-order valence-electron chi connectivity index (χ2n) is 6.80. The Morgan fingerprint density at radius 1 is 1.14 bits per heavy atom. The third-order valence-electron chi connectivity index (χ3n) is 5.50. The van der Waals surface area contributed by atoms with Gasteiger partial charge in [0.2, 0.25) is 5.91 Å². The number of piperidine rings is 1. The second-order valence-corrected chi connectivity index (χ2v) is 6.80. The van der Waals surface area contributed by atoms with Crippen molar-refractivity contribution in [1.82, 2.24) is 9.80 Å². The molecule has 2 N–H and O–H groups in total. The molecule has 118 valence electrons. The van der Waals surface area contributed by atoms with E-state index in [2.05, 4.69) is 0 Å². The zero-order valence-electron chi connectivity index (χ0n) is 12.3. The van der Waals surface area contributed by atoms with E-state index in [1.54, 1.807) is 0 Å². The first-order valence-corrected chi connectivity index (χ1v) is 7.99. The number of aliphatic hydroxyl groups is 1. The van der Waals surface area contributed by atoms with Crippen LogP contribution in [0.2, 0.25) is 0 Å². The highest BCUT2D eigenvalue weighted by atomic mass is 16.4. The van der Waals surface area contributed by atoms with Crippen molar-refractivity contribution >= 4 is 12.0 Å². The molecule has 6 nitrogen and oxygen atoms in total. The fourth-order valence-electron chi connectivity index (χ4n) is 4.24. The monoisotopic (exact) mass is 296 g/mol. The van der Waals surface area contributed by atoms with Gasteiger partial charge in [-0.05, 0) is 44.9 Å². The number of likely N-dealkylation sites (tertiary alicyclic amines) is 2. The van der Waals surface area contributed by atoms with Crippen LogP contribution in [-0.4, -0.2) is 63.8 Å². The van der Waals surface area contributed by atoms with Gasteiger partial charge in [-0.3, -0.25) is 4.79 Å². The fraction of sp³-hybridized carbons (Fsp3) is 0.867. The van der Waals surface area contributed by atoms with Gasteiger partial charge in [-0.15, -0.1) is 0 Å². The molecule has 3 aliphatic rings. The van der Waals surface area contributed by atoms with Crippen molar-refractivity contribution in [2.75, 3.05) is 19.6 Å². The number of hydrogen-bond donors (Lipinski definition) is 2. The van der Waals surface area contributed by atoms with Crippen LogP contribution in [0.1, 0.15) is 44.9 Å².